The first-order valence-corrected chi connectivity index (χ1v) is 8.04. The summed E-state index contributed by atoms with van der Waals surface area (Å²) < 4.78 is 13.7. The molecule has 2 aromatic carbocycles. The van der Waals surface area contributed by atoms with Crippen LogP contribution in [0.2, 0.25) is 0 Å². The van der Waals surface area contributed by atoms with E-state index in [1.807, 2.05) is 13.0 Å². The van der Waals surface area contributed by atoms with Crippen molar-refractivity contribution in [3.63, 3.8) is 0 Å². The summed E-state index contributed by atoms with van der Waals surface area (Å²) in [5.41, 5.74) is 1.92. The number of ketones is 1. The molecule has 2 aromatic rings. The zero-order valence-corrected chi connectivity index (χ0v) is 13.5. The van der Waals surface area contributed by atoms with Gasteiger partial charge in [-0.2, -0.15) is 0 Å². The summed E-state index contributed by atoms with van der Waals surface area (Å²) in [6, 6.07) is 13.0. The summed E-state index contributed by atoms with van der Waals surface area (Å²) in [6.07, 6.45) is 3.12. The van der Waals surface area contributed by atoms with E-state index in [0.717, 1.165) is 12.8 Å². The maximum absolute atomic E-state index is 13.7. The highest BCUT2D eigenvalue weighted by atomic mass is 19.1. The molecule has 3 nitrogen and oxygen atoms in total. The van der Waals surface area contributed by atoms with E-state index in [-0.39, 0.29) is 17.3 Å². The van der Waals surface area contributed by atoms with Crippen LogP contribution in [0.4, 0.5) is 10.1 Å². The SMILES string of the molecule is CCCCN1C(=O)/C(=C/C(=O)c2ccccc2)c2cc(F)ccc21. The molecule has 0 aromatic heterocycles. The standard InChI is InChI=1S/C20H18FNO2/c1-2-3-11-22-18-10-9-15(21)12-16(18)17(20(22)24)13-19(23)14-7-5-4-6-8-14/h4-10,12-13H,2-3,11H2,1H3/b17-13+. The first-order chi connectivity index (χ1) is 11.6. The molecular weight excluding hydrogens is 305 g/mol. The first-order valence-electron chi connectivity index (χ1n) is 8.04. The number of nitrogens with zero attached hydrogens (tertiary/aromatic N) is 1. The average Bonchev–Trinajstić information content (AvgIpc) is 2.85. The molecule has 0 radical (unpaired) electrons. The number of fused-ring (bicyclic) bond motifs is 1. The molecule has 0 saturated carbocycles. The Morgan fingerprint density at radius 3 is 2.62 bits per heavy atom. The zero-order chi connectivity index (χ0) is 17.1. The van der Waals surface area contributed by atoms with Crippen LogP contribution in [0.25, 0.3) is 5.57 Å². The number of benzene rings is 2. The minimum atomic E-state index is -0.419. The second kappa shape index (κ2) is 6.79. The van der Waals surface area contributed by atoms with Crippen molar-refractivity contribution >= 4 is 23.0 Å². The largest absolute Gasteiger partial charge is 0.308 e. The predicted octanol–water partition coefficient (Wildman–Crippen LogP) is 4.24. The maximum atomic E-state index is 13.7. The summed E-state index contributed by atoms with van der Waals surface area (Å²) in [5.74, 6) is -0.920. The van der Waals surface area contributed by atoms with Gasteiger partial charge in [-0.05, 0) is 30.7 Å². The molecule has 0 aliphatic carbocycles. The van der Waals surface area contributed by atoms with E-state index in [2.05, 4.69) is 0 Å². The van der Waals surface area contributed by atoms with E-state index in [0.29, 0.717) is 23.4 Å². The Balaban J connectivity index is 2.02. The van der Waals surface area contributed by atoms with Crippen LogP contribution >= 0.6 is 0 Å². The summed E-state index contributed by atoms with van der Waals surface area (Å²) >= 11 is 0. The number of anilines is 1. The Hall–Kier alpha value is -2.75. The van der Waals surface area contributed by atoms with E-state index >= 15 is 0 Å². The van der Waals surface area contributed by atoms with Crippen LogP contribution in [0.1, 0.15) is 35.7 Å². The third-order valence-corrected chi connectivity index (χ3v) is 4.08. The molecule has 0 unspecified atom stereocenters. The Morgan fingerprint density at radius 2 is 1.92 bits per heavy atom. The fourth-order valence-electron chi connectivity index (χ4n) is 2.82. The molecular formula is C20H18FNO2. The van der Waals surface area contributed by atoms with Crippen LogP contribution in [-0.4, -0.2) is 18.2 Å². The molecule has 1 aliphatic rings. The predicted molar refractivity (Wildman–Crippen MR) is 92.4 cm³/mol. The van der Waals surface area contributed by atoms with Gasteiger partial charge in [0.15, 0.2) is 5.78 Å². The first kappa shape index (κ1) is 16.1. The highest BCUT2D eigenvalue weighted by Gasteiger charge is 2.32. The molecule has 0 atom stereocenters. The number of halogens is 1. The van der Waals surface area contributed by atoms with Crippen LogP contribution < -0.4 is 4.90 Å². The molecule has 24 heavy (non-hydrogen) atoms. The van der Waals surface area contributed by atoms with Gasteiger partial charge in [0.2, 0.25) is 0 Å². The number of amides is 1. The second-order valence-corrected chi connectivity index (χ2v) is 5.76. The van der Waals surface area contributed by atoms with Gasteiger partial charge in [0.05, 0.1) is 11.3 Å². The van der Waals surface area contributed by atoms with E-state index in [4.69, 9.17) is 0 Å². The lowest BCUT2D eigenvalue weighted by Crippen LogP contribution is -2.27. The van der Waals surface area contributed by atoms with E-state index < -0.39 is 5.82 Å². The van der Waals surface area contributed by atoms with Crippen LogP contribution in [0.15, 0.2) is 54.6 Å². The molecule has 0 bridgehead atoms. The van der Waals surface area contributed by atoms with Crippen molar-refractivity contribution in [2.45, 2.75) is 19.8 Å². The monoisotopic (exact) mass is 323 g/mol. The Morgan fingerprint density at radius 1 is 1.17 bits per heavy atom. The van der Waals surface area contributed by atoms with Gasteiger partial charge in [-0.15, -0.1) is 0 Å². The molecule has 1 aliphatic heterocycles. The average molecular weight is 323 g/mol. The minimum Gasteiger partial charge on any atom is -0.308 e. The smallest absolute Gasteiger partial charge is 0.259 e. The van der Waals surface area contributed by atoms with Crippen molar-refractivity contribution in [1.82, 2.24) is 0 Å². The second-order valence-electron chi connectivity index (χ2n) is 5.76. The fourth-order valence-corrected chi connectivity index (χ4v) is 2.82. The minimum absolute atomic E-state index is 0.242. The number of unbranched alkanes of at least 4 members (excludes halogenated alkanes) is 1. The quantitative estimate of drug-likeness (QED) is 0.610. The zero-order valence-electron chi connectivity index (χ0n) is 13.5. The Bertz CT molecular complexity index is 812. The maximum Gasteiger partial charge on any atom is 0.259 e. The van der Waals surface area contributed by atoms with Gasteiger partial charge >= 0.3 is 0 Å². The van der Waals surface area contributed by atoms with Gasteiger partial charge in [-0.25, -0.2) is 4.39 Å². The lowest BCUT2D eigenvalue weighted by atomic mass is 10.0. The number of hydrogen-bond acceptors (Lipinski definition) is 2. The summed E-state index contributed by atoms with van der Waals surface area (Å²) in [4.78, 5) is 26.8. The fraction of sp³-hybridized carbons (Fsp3) is 0.200. The number of hydrogen-bond donors (Lipinski definition) is 0. The van der Waals surface area contributed by atoms with Gasteiger partial charge in [-0.1, -0.05) is 43.7 Å². The van der Waals surface area contributed by atoms with Gasteiger partial charge in [0.1, 0.15) is 5.82 Å². The van der Waals surface area contributed by atoms with Crippen LogP contribution in [0, 0.1) is 5.82 Å². The molecule has 0 fully saturated rings. The topological polar surface area (TPSA) is 37.4 Å². The normalized spacial score (nSPS) is 15.0. The van der Waals surface area contributed by atoms with Gasteiger partial charge < -0.3 is 4.90 Å². The van der Waals surface area contributed by atoms with Crippen molar-refractivity contribution in [2.75, 3.05) is 11.4 Å². The Labute approximate surface area is 140 Å². The molecule has 1 amide bonds. The molecule has 0 N–H and O–H groups in total. The molecule has 0 saturated heterocycles. The highest BCUT2D eigenvalue weighted by Crippen LogP contribution is 2.37. The number of carbonyl (C=O) groups is 2. The highest BCUT2D eigenvalue weighted by molar-refractivity contribution is 6.35. The Kier molecular flexibility index (Phi) is 4.56. The number of allylic oxidation sites excluding steroid dienone is 1. The molecule has 122 valence electrons. The van der Waals surface area contributed by atoms with E-state index in [9.17, 15) is 14.0 Å². The van der Waals surface area contributed by atoms with Crippen molar-refractivity contribution in [3.8, 4) is 0 Å². The lowest BCUT2D eigenvalue weighted by Gasteiger charge is -2.16. The van der Waals surface area contributed by atoms with E-state index in [1.54, 1.807) is 35.2 Å². The van der Waals surface area contributed by atoms with Crippen molar-refractivity contribution < 1.29 is 14.0 Å². The number of carbonyl (C=O) groups excluding carboxylic acids is 2. The number of rotatable bonds is 5. The summed E-state index contributed by atoms with van der Waals surface area (Å²) in [7, 11) is 0. The molecule has 3 rings (SSSR count). The third kappa shape index (κ3) is 3.00. The van der Waals surface area contributed by atoms with Crippen LogP contribution in [0.5, 0.6) is 0 Å². The van der Waals surface area contributed by atoms with Crippen molar-refractivity contribution in [3.05, 3.63) is 71.6 Å². The summed E-state index contributed by atoms with van der Waals surface area (Å²) in [6.45, 7) is 2.60. The van der Waals surface area contributed by atoms with E-state index in [1.165, 1.54) is 18.2 Å². The molecule has 1 heterocycles. The van der Waals surface area contributed by atoms with Crippen LogP contribution in [0.3, 0.4) is 0 Å². The summed E-state index contributed by atoms with van der Waals surface area (Å²) in [5, 5.41) is 0. The molecule has 0 spiro atoms. The van der Waals surface area contributed by atoms with Gasteiger partial charge in [0, 0.05) is 17.7 Å². The van der Waals surface area contributed by atoms with Crippen LogP contribution in [-0.2, 0) is 4.79 Å². The van der Waals surface area contributed by atoms with Crippen molar-refractivity contribution in [2.24, 2.45) is 0 Å². The third-order valence-electron chi connectivity index (χ3n) is 4.08. The lowest BCUT2D eigenvalue weighted by molar-refractivity contribution is -0.113. The van der Waals surface area contributed by atoms with Gasteiger partial charge in [0.25, 0.3) is 5.91 Å². The molecule has 4 heteroatoms. The van der Waals surface area contributed by atoms with Crippen molar-refractivity contribution in [1.29, 1.82) is 0 Å². The van der Waals surface area contributed by atoms with Gasteiger partial charge in [-0.3, -0.25) is 9.59 Å².